The van der Waals surface area contributed by atoms with Gasteiger partial charge in [-0.3, -0.25) is 0 Å². The van der Waals surface area contributed by atoms with Crippen LogP contribution in [0.15, 0.2) is 12.1 Å². The average Bonchev–Trinajstić information content (AvgIpc) is 2.71. The zero-order valence-electron chi connectivity index (χ0n) is 10.4. The fourth-order valence-electron chi connectivity index (χ4n) is 1.29. The first-order valence-electron chi connectivity index (χ1n) is 5.59. The maximum Gasteiger partial charge on any atom is 0.322 e. The second kappa shape index (κ2) is 6.36. The lowest BCUT2D eigenvalue weighted by Gasteiger charge is -2.09. The highest BCUT2D eigenvalue weighted by molar-refractivity contribution is 7.16. The van der Waals surface area contributed by atoms with E-state index in [1.807, 2.05) is 26.0 Å². The molecule has 0 saturated heterocycles. The topological polar surface area (TPSA) is 59.9 Å². The smallest absolute Gasteiger partial charge is 0.322 e. The minimum atomic E-state index is -0.0255. The Kier molecular flexibility index (Phi) is 4.79. The Balaban J connectivity index is 2.05. The van der Waals surface area contributed by atoms with Gasteiger partial charge in [-0.05, 0) is 37.6 Å². The summed E-state index contributed by atoms with van der Waals surface area (Å²) in [4.78, 5) is 13.1. The van der Waals surface area contributed by atoms with Crippen LogP contribution >= 0.6 is 34.5 Å². The van der Waals surface area contributed by atoms with Crippen molar-refractivity contribution in [3.8, 4) is 6.01 Å². The number of thiophene rings is 1. The number of aromatic nitrogens is 3. The summed E-state index contributed by atoms with van der Waals surface area (Å²) >= 11 is 13.2. The number of ether oxygens (including phenoxy) is 1. The van der Waals surface area contributed by atoms with Gasteiger partial charge in [-0.25, -0.2) is 0 Å². The van der Waals surface area contributed by atoms with Crippen LogP contribution in [0.3, 0.4) is 0 Å². The number of nitrogens with zero attached hydrogens (tertiary/aromatic N) is 3. The summed E-state index contributed by atoms with van der Waals surface area (Å²) in [5.41, 5.74) is 0. The molecule has 0 bridgehead atoms. The van der Waals surface area contributed by atoms with Crippen LogP contribution < -0.4 is 10.1 Å². The summed E-state index contributed by atoms with van der Waals surface area (Å²) in [6, 6.07) is 3.99. The molecule has 0 spiro atoms. The fraction of sp³-hybridized carbons (Fsp3) is 0.364. The van der Waals surface area contributed by atoms with Gasteiger partial charge in [0.2, 0.25) is 11.2 Å². The zero-order chi connectivity index (χ0) is 13.8. The first kappa shape index (κ1) is 14.3. The lowest BCUT2D eigenvalue weighted by atomic mass is 10.5. The fourth-order valence-corrected chi connectivity index (χ4v) is 2.47. The molecule has 0 aromatic carbocycles. The molecule has 0 aliphatic heterocycles. The van der Waals surface area contributed by atoms with Gasteiger partial charge in [0.1, 0.15) is 0 Å². The average molecular weight is 319 g/mol. The molecule has 0 radical (unpaired) electrons. The Bertz CT molecular complexity index is 561. The van der Waals surface area contributed by atoms with Crippen LogP contribution in [0.1, 0.15) is 18.7 Å². The molecule has 2 rings (SSSR count). The second-order valence-electron chi connectivity index (χ2n) is 3.94. The molecule has 0 aliphatic carbocycles. The van der Waals surface area contributed by atoms with Crippen molar-refractivity contribution in [1.29, 1.82) is 0 Å². The molecule has 19 heavy (non-hydrogen) atoms. The van der Waals surface area contributed by atoms with Gasteiger partial charge in [-0.1, -0.05) is 11.6 Å². The van der Waals surface area contributed by atoms with Crippen molar-refractivity contribution in [2.24, 2.45) is 0 Å². The van der Waals surface area contributed by atoms with E-state index in [4.69, 9.17) is 27.9 Å². The third kappa shape index (κ3) is 4.49. The van der Waals surface area contributed by atoms with Gasteiger partial charge in [0.15, 0.2) is 0 Å². The number of nitrogens with one attached hydrogen (secondary N) is 1. The van der Waals surface area contributed by atoms with Crippen LogP contribution in [-0.2, 0) is 6.54 Å². The van der Waals surface area contributed by atoms with Crippen molar-refractivity contribution in [3.63, 3.8) is 0 Å². The second-order valence-corrected chi connectivity index (χ2v) is 6.07. The minimum Gasteiger partial charge on any atom is -0.461 e. The van der Waals surface area contributed by atoms with Crippen molar-refractivity contribution in [2.75, 3.05) is 5.32 Å². The van der Waals surface area contributed by atoms with E-state index in [1.54, 1.807) is 0 Å². The van der Waals surface area contributed by atoms with E-state index in [-0.39, 0.29) is 17.4 Å². The maximum absolute atomic E-state index is 5.86. The monoisotopic (exact) mass is 318 g/mol. The van der Waals surface area contributed by atoms with Crippen molar-refractivity contribution in [1.82, 2.24) is 15.0 Å². The van der Waals surface area contributed by atoms with Gasteiger partial charge >= 0.3 is 6.01 Å². The molecule has 0 amide bonds. The summed E-state index contributed by atoms with van der Waals surface area (Å²) in [6.45, 7) is 4.34. The summed E-state index contributed by atoms with van der Waals surface area (Å²) in [5.74, 6) is 0.375. The van der Waals surface area contributed by atoms with Crippen molar-refractivity contribution >= 4 is 40.5 Å². The minimum absolute atomic E-state index is 0.0255. The third-order valence-corrected chi connectivity index (χ3v) is 3.38. The Labute approximate surface area is 125 Å². The van der Waals surface area contributed by atoms with Crippen LogP contribution in [0.25, 0.3) is 0 Å². The van der Waals surface area contributed by atoms with Gasteiger partial charge < -0.3 is 10.1 Å². The normalized spacial score (nSPS) is 10.8. The van der Waals surface area contributed by atoms with E-state index in [0.717, 1.165) is 9.21 Å². The molecule has 0 atom stereocenters. The van der Waals surface area contributed by atoms with E-state index in [9.17, 15) is 0 Å². The zero-order valence-corrected chi connectivity index (χ0v) is 12.7. The highest BCUT2D eigenvalue weighted by Crippen LogP contribution is 2.22. The molecular weight excluding hydrogens is 307 g/mol. The van der Waals surface area contributed by atoms with Gasteiger partial charge in [-0.2, -0.15) is 15.0 Å². The number of hydrogen-bond donors (Lipinski definition) is 1. The molecule has 8 heteroatoms. The number of hydrogen-bond acceptors (Lipinski definition) is 6. The van der Waals surface area contributed by atoms with Crippen molar-refractivity contribution < 1.29 is 4.74 Å². The molecule has 2 aromatic rings. The van der Waals surface area contributed by atoms with E-state index < -0.39 is 0 Å². The van der Waals surface area contributed by atoms with E-state index in [1.165, 1.54) is 11.3 Å². The van der Waals surface area contributed by atoms with E-state index >= 15 is 0 Å². The summed E-state index contributed by atoms with van der Waals surface area (Å²) < 4.78 is 6.13. The molecule has 2 aromatic heterocycles. The van der Waals surface area contributed by atoms with Gasteiger partial charge in [0.05, 0.1) is 17.0 Å². The molecule has 0 unspecified atom stereocenters. The van der Waals surface area contributed by atoms with Crippen LogP contribution in [-0.4, -0.2) is 21.1 Å². The molecular formula is C11H12Cl2N4OS. The van der Waals surface area contributed by atoms with E-state index in [2.05, 4.69) is 20.3 Å². The third-order valence-electron chi connectivity index (χ3n) is 1.98. The Morgan fingerprint density at radius 1 is 1.26 bits per heavy atom. The summed E-state index contributed by atoms with van der Waals surface area (Å²) in [6.07, 6.45) is -0.0255. The van der Waals surface area contributed by atoms with Crippen LogP contribution in [0, 0.1) is 0 Å². The number of anilines is 1. The Morgan fingerprint density at radius 2 is 2.05 bits per heavy atom. The summed E-state index contributed by atoms with van der Waals surface area (Å²) in [5, 5.41) is 3.15. The van der Waals surface area contributed by atoms with Crippen LogP contribution in [0.2, 0.25) is 9.62 Å². The van der Waals surface area contributed by atoms with Crippen molar-refractivity contribution in [2.45, 2.75) is 26.5 Å². The maximum atomic E-state index is 5.86. The largest absolute Gasteiger partial charge is 0.461 e. The van der Waals surface area contributed by atoms with Crippen LogP contribution in [0.4, 0.5) is 5.95 Å². The van der Waals surface area contributed by atoms with Gasteiger partial charge in [0, 0.05) is 4.88 Å². The van der Waals surface area contributed by atoms with E-state index in [0.29, 0.717) is 12.5 Å². The molecule has 2 heterocycles. The van der Waals surface area contributed by atoms with Gasteiger partial charge in [0.25, 0.3) is 0 Å². The quantitative estimate of drug-likeness (QED) is 0.912. The molecule has 5 nitrogen and oxygen atoms in total. The Hall–Kier alpha value is -1.11. The molecule has 102 valence electrons. The standard InChI is InChI=1S/C11H12Cl2N4OS/c1-6(2)18-11-16-9(13)15-10(17-11)14-5-7-3-4-8(12)19-7/h3-4,6H,5H2,1-2H3,(H,14,15,16,17). The predicted octanol–water partition coefficient (Wildman–Crippen LogP) is 3.64. The first-order chi connectivity index (χ1) is 9.02. The molecule has 0 aliphatic rings. The highest BCUT2D eigenvalue weighted by Gasteiger charge is 2.08. The van der Waals surface area contributed by atoms with Crippen LogP contribution in [0.5, 0.6) is 6.01 Å². The lowest BCUT2D eigenvalue weighted by molar-refractivity contribution is 0.222. The lowest BCUT2D eigenvalue weighted by Crippen LogP contribution is -2.11. The molecule has 1 N–H and O–H groups in total. The molecule has 0 saturated carbocycles. The number of halogens is 2. The highest BCUT2D eigenvalue weighted by atomic mass is 35.5. The SMILES string of the molecule is CC(C)Oc1nc(Cl)nc(NCc2ccc(Cl)s2)n1. The Morgan fingerprint density at radius 3 is 2.68 bits per heavy atom. The number of rotatable bonds is 5. The van der Waals surface area contributed by atoms with Gasteiger partial charge in [-0.15, -0.1) is 11.3 Å². The summed E-state index contributed by atoms with van der Waals surface area (Å²) in [7, 11) is 0. The predicted molar refractivity (Wildman–Crippen MR) is 77.3 cm³/mol. The molecule has 0 fully saturated rings. The first-order valence-corrected chi connectivity index (χ1v) is 7.16. The van der Waals surface area contributed by atoms with Crippen molar-refractivity contribution in [3.05, 3.63) is 26.6 Å².